The number of hydrogen-bond donors (Lipinski definition) is 1. The molecule has 0 radical (unpaired) electrons. The van der Waals surface area contributed by atoms with E-state index in [9.17, 15) is 9.90 Å². The van der Waals surface area contributed by atoms with Crippen LogP contribution in [0, 0.1) is 0 Å². The Morgan fingerprint density at radius 2 is 2.41 bits per heavy atom. The average Bonchev–Trinajstić information content (AvgIpc) is 2.76. The molecule has 1 aliphatic heterocycles. The normalized spacial score (nSPS) is 19.4. The van der Waals surface area contributed by atoms with Crippen molar-refractivity contribution in [1.82, 2.24) is 4.90 Å². The maximum absolute atomic E-state index is 11.9. The fourth-order valence-electron chi connectivity index (χ4n) is 2.04. The Morgan fingerprint density at radius 1 is 1.59 bits per heavy atom. The lowest BCUT2D eigenvalue weighted by Crippen LogP contribution is -2.30. The van der Waals surface area contributed by atoms with Crippen molar-refractivity contribution in [3.05, 3.63) is 29.8 Å². The number of ether oxygens (including phenoxy) is 1. The van der Waals surface area contributed by atoms with Crippen LogP contribution in [0.2, 0.25) is 0 Å². The number of likely N-dealkylation sites (tertiary alicyclic amines) is 1. The van der Waals surface area contributed by atoms with Gasteiger partial charge in [-0.1, -0.05) is 12.1 Å². The Labute approximate surface area is 101 Å². The summed E-state index contributed by atoms with van der Waals surface area (Å²) in [6, 6.07) is 7.51. The van der Waals surface area contributed by atoms with Crippen molar-refractivity contribution in [3.8, 4) is 5.75 Å². The quantitative estimate of drug-likeness (QED) is 0.844. The topological polar surface area (TPSA) is 49.8 Å². The van der Waals surface area contributed by atoms with E-state index in [0.717, 1.165) is 11.3 Å². The number of methoxy groups -OCH3 is 1. The molecular weight excluding hydrogens is 218 g/mol. The molecule has 1 atom stereocenters. The molecule has 1 N–H and O–H groups in total. The maximum atomic E-state index is 11.9. The van der Waals surface area contributed by atoms with Crippen molar-refractivity contribution in [2.24, 2.45) is 0 Å². The summed E-state index contributed by atoms with van der Waals surface area (Å²) in [7, 11) is 1.61. The molecule has 1 amide bonds. The predicted molar refractivity (Wildman–Crippen MR) is 63.9 cm³/mol. The smallest absolute Gasteiger partial charge is 0.227 e. The van der Waals surface area contributed by atoms with Crippen LogP contribution in [-0.2, 0) is 11.2 Å². The SMILES string of the molecule is COc1cccc(CC(=O)N2CC[C@H](O)C2)c1. The number of nitrogens with zero attached hydrogens (tertiary/aromatic N) is 1. The number of benzene rings is 1. The van der Waals surface area contributed by atoms with Crippen molar-refractivity contribution < 1.29 is 14.6 Å². The van der Waals surface area contributed by atoms with Gasteiger partial charge < -0.3 is 14.7 Å². The van der Waals surface area contributed by atoms with E-state index in [1.165, 1.54) is 0 Å². The minimum atomic E-state index is -0.357. The first-order valence-electron chi connectivity index (χ1n) is 5.78. The van der Waals surface area contributed by atoms with Gasteiger partial charge in [-0.05, 0) is 24.1 Å². The highest BCUT2D eigenvalue weighted by molar-refractivity contribution is 5.79. The van der Waals surface area contributed by atoms with Crippen LogP contribution >= 0.6 is 0 Å². The summed E-state index contributed by atoms with van der Waals surface area (Å²) in [5.74, 6) is 0.826. The molecule has 1 aromatic carbocycles. The van der Waals surface area contributed by atoms with Crippen LogP contribution in [0.1, 0.15) is 12.0 Å². The third-order valence-electron chi connectivity index (χ3n) is 3.01. The van der Waals surface area contributed by atoms with E-state index in [1.807, 2.05) is 24.3 Å². The molecule has 1 aliphatic rings. The first-order valence-corrected chi connectivity index (χ1v) is 5.78. The number of aliphatic hydroxyl groups is 1. The van der Waals surface area contributed by atoms with Gasteiger partial charge in [-0.25, -0.2) is 0 Å². The van der Waals surface area contributed by atoms with E-state index in [4.69, 9.17) is 4.74 Å². The highest BCUT2D eigenvalue weighted by Crippen LogP contribution is 2.15. The molecule has 0 bridgehead atoms. The van der Waals surface area contributed by atoms with Crippen molar-refractivity contribution in [2.45, 2.75) is 18.9 Å². The Kier molecular flexibility index (Phi) is 3.64. The van der Waals surface area contributed by atoms with Gasteiger partial charge in [0.1, 0.15) is 5.75 Å². The fourth-order valence-corrected chi connectivity index (χ4v) is 2.04. The maximum Gasteiger partial charge on any atom is 0.227 e. The van der Waals surface area contributed by atoms with Gasteiger partial charge in [0.05, 0.1) is 19.6 Å². The number of β-amino-alcohol motifs (C(OH)–C–C–N with tert-alkyl or cyclic N) is 1. The van der Waals surface area contributed by atoms with Gasteiger partial charge in [0.15, 0.2) is 0 Å². The molecule has 1 aromatic rings. The summed E-state index contributed by atoms with van der Waals surface area (Å²) in [6.45, 7) is 1.12. The van der Waals surface area contributed by atoms with Gasteiger partial charge in [-0.2, -0.15) is 0 Å². The van der Waals surface area contributed by atoms with Crippen LogP contribution in [0.5, 0.6) is 5.75 Å². The van der Waals surface area contributed by atoms with E-state index in [-0.39, 0.29) is 12.0 Å². The average molecular weight is 235 g/mol. The molecule has 0 spiro atoms. The van der Waals surface area contributed by atoms with Crippen molar-refractivity contribution in [2.75, 3.05) is 20.2 Å². The van der Waals surface area contributed by atoms with Crippen LogP contribution in [0.25, 0.3) is 0 Å². The van der Waals surface area contributed by atoms with E-state index in [0.29, 0.717) is 25.9 Å². The number of carbonyl (C=O) groups is 1. The molecule has 4 heteroatoms. The first-order chi connectivity index (χ1) is 8.19. The highest BCUT2D eigenvalue weighted by Gasteiger charge is 2.24. The largest absolute Gasteiger partial charge is 0.497 e. The second-order valence-corrected chi connectivity index (χ2v) is 4.31. The predicted octanol–water partition coefficient (Wildman–Crippen LogP) is 0.831. The standard InChI is InChI=1S/C13H17NO3/c1-17-12-4-2-3-10(7-12)8-13(16)14-6-5-11(15)9-14/h2-4,7,11,15H,5-6,8-9H2,1H3/t11-/m0/s1. The highest BCUT2D eigenvalue weighted by atomic mass is 16.5. The molecular formula is C13H17NO3. The molecule has 1 heterocycles. The fraction of sp³-hybridized carbons (Fsp3) is 0.462. The third kappa shape index (κ3) is 2.97. The van der Waals surface area contributed by atoms with Gasteiger partial charge in [0.2, 0.25) is 5.91 Å². The Morgan fingerprint density at radius 3 is 3.06 bits per heavy atom. The summed E-state index contributed by atoms with van der Waals surface area (Å²) in [6.07, 6.45) is 0.692. The summed E-state index contributed by atoms with van der Waals surface area (Å²) in [4.78, 5) is 13.6. The lowest BCUT2D eigenvalue weighted by atomic mass is 10.1. The van der Waals surface area contributed by atoms with Crippen molar-refractivity contribution in [3.63, 3.8) is 0 Å². The Bertz CT molecular complexity index is 405. The van der Waals surface area contributed by atoms with E-state index < -0.39 is 0 Å². The minimum absolute atomic E-state index is 0.0646. The molecule has 0 aliphatic carbocycles. The molecule has 4 nitrogen and oxygen atoms in total. The number of hydrogen-bond acceptors (Lipinski definition) is 3. The zero-order chi connectivity index (χ0) is 12.3. The van der Waals surface area contributed by atoms with Gasteiger partial charge in [-0.15, -0.1) is 0 Å². The second kappa shape index (κ2) is 5.19. The zero-order valence-corrected chi connectivity index (χ0v) is 9.93. The van der Waals surface area contributed by atoms with Gasteiger partial charge in [-0.3, -0.25) is 4.79 Å². The zero-order valence-electron chi connectivity index (χ0n) is 9.93. The summed E-state index contributed by atoms with van der Waals surface area (Å²) < 4.78 is 5.11. The van der Waals surface area contributed by atoms with E-state index in [2.05, 4.69) is 0 Å². The lowest BCUT2D eigenvalue weighted by molar-refractivity contribution is -0.129. The summed E-state index contributed by atoms with van der Waals surface area (Å²) >= 11 is 0. The van der Waals surface area contributed by atoms with E-state index in [1.54, 1.807) is 12.0 Å². The van der Waals surface area contributed by atoms with Crippen LogP contribution in [0.4, 0.5) is 0 Å². The monoisotopic (exact) mass is 235 g/mol. The van der Waals surface area contributed by atoms with E-state index >= 15 is 0 Å². The van der Waals surface area contributed by atoms with Gasteiger partial charge >= 0.3 is 0 Å². The number of carbonyl (C=O) groups excluding carboxylic acids is 1. The molecule has 92 valence electrons. The van der Waals surface area contributed by atoms with Crippen LogP contribution in [-0.4, -0.2) is 42.2 Å². The molecule has 1 saturated heterocycles. The number of rotatable bonds is 3. The Hall–Kier alpha value is -1.55. The van der Waals surface area contributed by atoms with Crippen molar-refractivity contribution in [1.29, 1.82) is 0 Å². The first kappa shape index (κ1) is 11.9. The second-order valence-electron chi connectivity index (χ2n) is 4.31. The summed E-state index contributed by atoms with van der Waals surface area (Å²) in [5.41, 5.74) is 0.940. The number of aliphatic hydroxyl groups excluding tert-OH is 1. The lowest BCUT2D eigenvalue weighted by Gasteiger charge is -2.15. The van der Waals surface area contributed by atoms with Gasteiger partial charge in [0.25, 0.3) is 0 Å². The molecule has 2 rings (SSSR count). The molecule has 1 fully saturated rings. The van der Waals surface area contributed by atoms with Crippen molar-refractivity contribution >= 4 is 5.91 Å². The third-order valence-corrected chi connectivity index (χ3v) is 3.01. The summed E-state index contributed by atoms with van der Waals surface area (Å²) in [5, 5.41) is 9.38. The molecule has 0 saturated carbocycles. The molecule has 17 heavy (non-hydrogen) atoms. The minimum Gasteiger partial charge on any atom is -0.497 e. The molecule has 0 unspecified atom stereocenters. The van der Waals surface area contributed by atoms with Crippen LogP contribution in [0.3, 0.4) is 0 Å². The number of amides is 1. The Balaban J connectivity index is 1.98. The van der Waals surface area contributed by atoms with Crippen LogP contribution < -0.4 is 4.74 Å². The molecule has 0 aromatic heterocycles. The van der Waals surface area contributed by atoms with Crippen LogP contribution in [0.15, 0.2) is 24.3 Å². The van der Waals surface area contributed by atoms with Gasteiger partial charge in [0, 0.05) is 13.1 Å².